The van der Waals surface area contributed by atoms with E-state index in [1.54, 1.807) is 12.4 Å². The van der Waals surface area contributed by atoms with E-state index in [9.17, 15) is 0 Å². The van der Waals surface area contributed by atoms with E-state index in [4.69, 9.17) is 4.42 Å². The molecule has 108 valence electrons. The van der Waals surface area contributed by atoms with Gasteiger partial charge in [0.25, 0.3) is 0 Å². The van der Waals surface area contributed by atoms with Gasteiger partial charge in [-0.05, 0) is 29.7 Å². The van der Waals surface area contributed by atoms with Crippen LogP contribution in [0.25, 0.3) is 44.2 Å². The second-order valence-corrected chi connectivity index (χ2v) is 5.40. The first kappa shape index (κ1) is 12.3. The third-order valence-electron chi connectivity index (χ3n) is 4.03. The third-order valence-corrected chi connectivity index (χ3v) is 4.03. The predicted octanol–water partition coefficient (Wildman–Crippen LogP) is 4.59. The van der Waals surface area contributed by atoms with Crippen molar-refractivity contribution >= 4 is 32.8 Å². The largest absolute Gasteiger partial charge is 0.453 e. The maximum Gasteiger partial charge on any atom is 0.155 e. The molecule has 5 rings (SSSR count). The molecule has 0 aliphatic rings. The number of benzene rings is 1. The Morgan fingerprint density at radius 3 is 2.70 bits per heavy atom. The monoisotopic (exact) mass is 297 g/mol. The minimum absolute atomic E-state index is 0.739. The molecule has 0 amide bonds. The molecule has 0 saturated carbocycles. The van der Waals surface area contributed by atoms with Gasteiger partial charge in [-0.15, -0.1) is 0 Å². The van der Waals surface area contributed by atoms with Crippen LogP contribution >= 0.6 is 0 Å². The molecule has 5 aromatic rings. The van der Waals surface area contributed by atoms with Crippen LogP contribution in [0.15, 0.2) is 71.5 Å². The highest BCUT2D eigenvalue weighted by molar-refractivity contribution is 6.04. The molecule has 4 heterocycles. The van der Waals surface area contributed by atoms with Crippen LogP contribution in [0.4, 0.5) is 0 Å². The molecule has 0 bridgehead atoms. The van der Waals surface area contributed by atoms with Crippen LogP contribution in [0.5, 0.6) is 0 Å². The summed E-state index contributed by atoms with van der Waals surface area (Å²) in [4.78, 5) is 13.5. The maximum atomic E-state index is 5.79. The van der Waals surface area contributed by atoms with Crippen LogP contribution in [0.1, 0.15) is 0 Å². The van der Waals surface area contributed by atoms with E-state index >= 15 is 0 Å². The van der Waals surface area contributed by atoms with Crippen molar-refractivity contribution in [1.82, 2.24) is 15.0 Å². The lowest BCUT2D eigenvalue weighted by Gasteiger charge is -2.04. The van der Waals surface area contributed by atoms with E-state index in [0.717, 1.165) is 44.2 Å². The van der Waals surface area contributed by atoms with Gasteiger partial charge >= 0.3 is 0 Å². The normalized spacial score (nSPS) is 11.5. The van der Waals surface area contributed by atoms with E-state index < -0.39 is 0 Å². The number of fused-ring (bicyclic) bond motifs is 4. The van der Waals surface area contributed by atoms with E-state index in [1.807, 2.05) is 42.6 Å². The second-order valence-electron chi connectivity index (χ2n) is 5.40. The van der Waals surface area contributed by atoms with E-state index in [1.165, 1.54) is 0 Å². The van der Waals surface area contributed by atoms with Gasteiger partial charge in [0.2, 0.25) is 0 Å². The molecule has 0 fully saturated rings. The van der Waals surface area contributed by atoms with Crippen molar-refractivity contribution in [1.29, 1.82) is 0 Å². The number of nitrogens with zero attached hydrogens (tertiary/aromatic N) is 3. The Kier molecular flexibility index (Phi) is 2.46. The highest BCUT2D eigenvalue weighted by Crippen LogP contribution is 2.31. The first-order valence-corrected chi connectivity index (χ1v) is 7.37. The molecule has 0 aliphatic heterocycles. The van der Waals surface area contributed by atoms with Crippen molar-refractivity contribution < 1.29 is 4.42 Å². The maximum absolute atomic E-state index is 5.79. The van der Waals surface area contributed by atoms with Gasteiger partial charge in [0.1, 0.15) is 5.52 Å². The third kappa shape index (κ3) is 1.82. The van der Waals surface area contributed by atoms with Crippen LogP contribution in [-0.2, 0) is 0 Å². The Labute approximate surface area is 131 Å². The van der Waals surface area contributed by atoms with Gasteiger partial charge in [-0.2, -0.15) is 0 Å². The van der Waals surface area contributed by atoms with Crippen LogP contribution in [0, 0.1) is 0 Å². The summed E-state index contributed by atoms with van der Waals surface area (Å²) in [5.41, 5.74) is 4.05. The quantitative estimate of drug-likeness (QED) is 0.454. The Morgan fingerprint density at radius 2 is 1.70 bits per heavy atom. The van der Waals surface area contributed by atoms with Gasteiger partial charge in [-0.1, -0.05) is 24.3 Å². The molecule has 0 saturated heterocycles. The van der Waals surface area contributed by atoms with Crippen molar-refractivity contribution in [2.24, 2.45) is 0 Å². The summed E-state index contributed by atoms with van der Waals surface area (Å²) in [5.74, 6) is 0. The lowest BCUT2D eigenvalue weighted by Crippen LogP contribution is -1.88. The van der Waals surface area contributed by atoms with Gasteiger partial charge in [-0.3, -0.25) is 15.0 Å². The lowest BCUT2D eigenvalue weighted by atomic mass is 10.1. The average Bonchev–Trinajstić information content (AvgIpc) is 2.99. The van der Waals surface area contributed by atoms with Gasteiger partial charge in [0.15, 0.2) is 11.2 Å². The highest BCUT2D eigenvalue weighted by atomic mass is 16.3. The summed E-state index contributed by atoms with van der Waals surface area (Å²) in [7, 11) is 0. The van der Waals surface area contributed by atoms with Crippen LogP contribution < -0.4 is 0 Å². The minimum atomic E-state index is 0.739. The number of rotatable bonds is 1. The summed E-state index contributed by atoms with van der Waals surface area (Å²) in [6.07, 6.45) is 5.33. The van der Waals surface area contributed by atoms with E-state index in [2.05, 4.69) is 27.1 Å². The molecule has 0 unspecified atom stereocenters. The first-order valence-electron chi connectivity index (χ1n) is 7.37. The van der Waals surface area contributed by atoms with Crippen molar-refractivity contribution in [2.45, 2.75) is 0 Å². The Morgan fingerprint density at radius 1 is 0.739 bits per heavy atom. The average molecular weight is 297 g/mol. The molecule has 0 radical (unpaired) electrons. The van der Waals surface area contributed by atoms with Crippen LogP contribution in [0.3, 0.4) is 0 Å². The predicted molar refractivity (Wildman–Crippen MR) is 90.0 cm³/mol. The van der Waals surface area contributed by atoms with Gasteiger partial charge in [0.05, 0.1) is 23.0 Å². The van der Waals surface area contributed by atoms with Gasteiger partial charge < -0.3 is 4.42 Å². The number of pyridine rings is 3. The van der Waals surface area contributed by atoms with Crippen molar-refractivity contribution in [2.75, 3.05) is 0 Å². The summed E-state index contributed by atoms with van der Waals surface area (Å²) >= 11 is 0. The fraction of sp³-hybridized carbons (Fsp3) is 0. The molecule has 0 atom stereocenters. The first-order chi connectivity index (χ1) is 11.4. The van der Waals surface area contributed by atoms with Crippen molar-refractivity contribution in [3.63, 3.8) is 0 Å². The van der Waals surface area contributed by atoms with E-state index in [-0.39, 0.29) is 0 Å². The smallest absolute Gasteiger partial charge is 0.155 e. The molecule has 23 heavy (non-hydrogen) atoms. The van der Waals surface area contributed by atoms with Crippen molar-refractivity contribution in [3.8, 4) is 11.4 Å². The number of hydrogen-bond acceptors (Lipinski definition) is 4. The summed E-state index contributed by atoms with van der Waals surface area (Å²) in [6, 6.07) is 16.0. The van der Waals surface area contributed by atoms with Gasteiger partial charge in [-0.25, -0.2) is 0 Å². The van der Waals surface area contributed by atoms with Crippen LogP contribution in [-0.4, -0.2) is 15.0 Å². The number of aromatic nitrogens is 3. The standard InChI is InChI=1S/C19H11N3O/c1-2-5-13-12(4-1)7-9-21-18(13)15-10-14-17(11-22-15)23-16-6-3-8-20-19(14)16/h1-11H. The Balaban J connectivity index is 1.84. The van der Waals surface area contributed by atoms with E-state index in [0.29, 0.717) is 0 Å². The molecule has 4 nitrogen and oxygen atoms in total. The fourth-order valence-electron chi connectivity index (χ4n) is 2.96. The van der Waals surface area contributed by atoms with Crippen LogP contribution in [0.2, 0.25) is 0 Å². The Hall–Kier alpha value is -3.27. The van der Waals surface area contributed by atoms with Crippen molar-refractivity contribution in [3.05, 3.63) is 67.1 Å². The molecule has 0 N–H and O–H groups in total. The summed E-state index contributed by atoms with van der Waals surface area (Å²) in [5, 5.41) is 3.19. The molecule has 4 heteroatoms. The zero-order valence-electron chi connectivity index (χ0n) is 12.1. The fourth-order valence-corrected chi connectivity index (χ4v) is 2.96. The molecule has 1 aromatic carbocycles. The molecule has 4 aromatic heterocycles. The Bertz CT molecular complexity index is 1170. The minimum Gasteiger partial charge on any atom is -0.453 e. The lowest BCUT2D eigenvalue weighted by molar-refractivity contribution is 0.666. The SMILES string of the molecule is c1ccc2c(-c3cc4c(cn3)oc3cccnc34)nccc2c1. The molecular formula is C19H11N3O. The summed E-state index contributed by atoms with van der Waals surface area (Å²) < 4.78 is 5.79. The molecular weight excluding hydrogens is 286 g/mol. The molecule has 0 spiro atoms. The summed E-state index contributed by atoms with van der Waals surface area (Å²) in [6.45, 7) is 0. The van der Waals surface area contributed by atoms with Gasteiger partial charge in [0, 0.05) is 17.8 Å². The highest BCUT2D eigenvalue weighted by Gasteiger charge is 2.12. The topological polar surface area (TPSA) is 51.8 Å². The molecule has 0 aliphatic carbocycles. The second kappa shape index (κ2) is 4.61. The zero-order chi connectivity index (χ0) is 15.2. The zero-order valence-corrected chi connectivity index (χ0v) is 12.1. The number of hydrogen-bond donors (Lipinski definition) is 0. The number of furan rings is 1.